The van der Waals surface area contributed by atoms with Crippen molar-refractivity contribution in [2.75, 3.05) is 0 Å². The van der Waals surface area contributed by atoms with E-state index in [1.807, 2.05) is 6.07 Å². The van der Waals surface area contributed by atoms with Gasteiger partial charge in [-0.25, -0.2) is 0 Å². The van der Waals surface area contributed by atoms with Gasteiger partial charge in [-0.15, -0.1) is 0 Å². The van der Waals surface area contributed by atoms with Gasteiger partial charge in [0, 0.05) is 23.8 Å². The molecule has 3 aliphatic carbocycles. The molecule has 3 nitrogen and oxygen atoms in total. The zero-order valence-electron chi connectivity index (χ0n) is 12.6. The van der Waals surface area contributed by atoms with Gasteiger partial charge in [-0.1, -0.05) is 6.92 Å². The summed E-state index contributed by atoms with van der Waals surface area (Å²) >= 11 is 2.12. The van der Waals surface area contributed by atoms with E-state index in [1.54, 1.807) is 6.07 Å². The van der Waals surface area contributed by atoms with Crippen molar-refractivity contribution in [2.24, 2.45) is 17.3 Å². The van der Waals surface area contributed by atoms with Crippen molar-refractivity contribution in [3.8, 4) is 5.75 Å². The van der Waals surface area contributed by atoms with Crippen LogP contribution in [0, 0.1) is 20.8 Å². The van der Waals surface area contributed by atoms with Gasteiger partial charge in [0.15, 0.2) is 5.78 Å². The van der Waals surface area contributed by atoms with Crippen molar-refractivity contribution in [3.05, 3.63) is 26.8 Å². The number of fused-ring (bicyclic) bond motifs is 5. The average Bonchev–Trinajstić information content (AvgIpc) is 2.78. The molecule has 22 heavy (non-hydrogen) atoms. The van der Waals surface area contributed by atoms with Crippen molar-refractivity contribution in [1.29, 1.82) is 0 Å². The Labute approximate surface area is 143 Å². The molecule has 0 heterocycles. The summed E-state index contributed by atoms with van der Waals surface area (Å²) in [6.45, 7) is 2.11. The molecule has 1 aromatic carbocycles. The Morgan fingerprint density at radius 2 is 2.05 bits per heavy atom. The van der Waals surface area contributed by atoms with Gasteiger partial charge in [0.25, 0.3) is 0 Å². The number of phenols is 1. The number of phenolic OH excluding ortho intramolecular Hbond substituents is 1. The van der Waals surface area contributed by atoms with Gasteiger partial charge in [-0.3, -0.25) is 9.59 Å². The van der Waals surface area contributed by atoms with Crippen LogP contribution in [0.2, 0.25) is 0 Å². The lowest BCUT2D eigenvalue weighted by atomic mass is 9.55. The molecule has 2 fully saturated rings. The minimum atomic E-state index is -0.205. The largest absolute Gasteiger partial charge is 0.507 e. The molecule has 0 saturated heterocycles. The van der Waals surface area contributed by atoms with Crippen molar-refractivity contribution < 1.29 is 14.7 Å². The predicted molar refractivity (Wildman–Crippen MR) is 91.1 cm³/mol. The van der Waals surface area contributed by atoms with E-state index >= 15 is 0 Å². The Hall–Kier alpha value is -0.910. The van der Waals surface area contributed by atoms with E-state index in [0.29, 0.717) is 41.9 Å². The molecule has 0 aromatic heterocycles. The van der Waals surface area contributed by atoms with Gasteiger partial charge in [-0.05, 0) is 77.3 Å². The highest BCUT2D eigenvalue weighted by Gasteiger charge is 2.55. The third kappa shape index (κ3) is 1.85. The molecule has 0 bridgehead atoms. The third-order valence-corrected chi connectivity index (χ3v) is 7.25. The van der Waals surface area contributed by atoms with Gasteiger partial charge in [0.1, 0.15) is 11.5 Å². The fourth-order valence-corrected chi connectivity index (χ4v) is 5.67. The maximum Gasteiger partial charge on any atom is 0.163 e. The average molecular weight is 410 g/mol. The molecule has 0 spiro atoms. The molecule has 1 aromatic rings. The number of rotatable bonds is 0. The summed E-state index contributed by atoms with van der Waals surface area (Å²) in [6, 6.07) is 3.63. The highest BCUT2D eigenvalue weighted by Crippen LogP contribution is 2.59. The van der Waals surface area contributed by atoms with Gasteiger partial charge in [-0.2, -0.15) is 0 Å². The molecular weight excluding hydrogens is 391 g/mol. The summed E-state index contributed by atoms with van der Waals surface area (Å²) < 4.78 is 0.806. The second-order valence-corrected chi connectivity index (χ2v) is 8.48. The number of benzene rings is 1. The molecule has 4 heteroatoms. The fourth-order valence-electron chi connectivity index (χ4n) is 5.18. The molecule has 4 rings (SSSR count). The molecular formula is C18H19IO3. The number of hydrogen-bond donors (Lipinski definition) is 1. The summed E-state index contributed by atoms with van der Waals surface area (Å²) in [5, 5.41) is 9.91. The Morgan fingerprint density at radius 3 is 2.82 bits per heavy atom. The van der Waals surface area contributed by atoms with E-state index < -0.39 is 0 Å². The lowest BCUT2D eigenvalue weighted by molar-refractivity contribution is -0.129. The molecule has 116 valence electrons. The Kier molecular flexibility index (Phi) is 3.19. The SMILES string of the molecule is C[C@]12CCC3c4cc(I)c(O)cc4C(=O)CC3C1CCC2=O. The monoisotopic (exact) mass is 410 g/mol. The summed E-state index contributed by atoms with van der Waals surface area (Å²) in [4.78, 5) is 24.9. The first-order chi connectivity index (χ1) is 10.4. The fraction of sp³-hybridized carbons (Fsp3) is 0.556. The highest BCUT2D eigenvalue weighted by molar-refractivity contribution is 14.1. The van der Waals surface area contributed by atoms with Crippen molar-refractivity contribution in [1.82, 2.24) is 0 Å². The zero-order valence-corrected chi connectivity index (χ0v) is 14.7. The van der Waals surface area contributed by atoms with Crippen LogP contribution in [0.5, 0.6) is 5.75 Å². The van der Waals surface area contributed by atoms with Crippen LogP contribution in [0.15, 0.2) is 12.1 Å². The summed E-state index contributed by atoms with van der Waals surface area (Å²) in [5.41, 5.74) is 1.60. The number of hydrogen-bond acceptors (Lipinski definition) is 3. The van der Waals surface area contributed by atoms with Crippen LogP contribution in [-0.2, 0) is 4.79 Å². The summed E-state index contributed by atoms with van der Waals surface area (Å²) in [6.07, 6.45) is 4.06. The van der Waals surface area contributed by atoms with Crippen LogP contribution in [0.4, 0.5) is 0 Å². The lowest BCUT2D eigenvalue weighted by Crippen LogP contribution is -2.43. The van der Waals surface area contributed by atoms with E-state index in [4.69, 9.17) is 0 Å². The Morgan fingerprint density at radius 1 is 1.27 bits per heavy atom. The van der Waals surface area contributed by atoms with E-state index in [9.17, 15) is 14.7 Å². The molecule has 0 aliphatic heterocycles. The van der Waals surface area contributed by atoms with Gasteiger partial charge in [0.05, 0.1) is 3.57 Å². The van der Waals surface area contributed by atoms with E-state index in [-0.39, 0.29) is 16.9 Å². The number of carbonyl (C=O) groups is 2. The molecule has 0 radical (unpaired) electrons. The molecule has 0 amide bonds. The molecule has 4 atom stereocenters. The van der Waals surface area contributed by atoms with Gasteiger partial charge < -0.3 is 5.11 Å². The van der Waals surface area contributed by atoms with Crippen molar-refractivity contribution >= 4 is 34.2 Å². The van der Waals surface area contributed by atoms with Crippen LogP contribution in [0.1, 0.15) is 60.9 Å². The molecule has 1 N–H and O–H groups in total. The number of halogens is 1. The minimum Gasteiger partial charge on any atom is -0.507 e. The number of carbonyl (C=O) groups excluding carboxylic acids is 2. The van der Waals surface area contributed by atoms with E-state index in [1.165, 1.54) is 0 Å². The van der Waals surface area contributed by atoms with Crippen molar-refractivity contribution in [3.63, 3.8) is 0 Å². The zero-order chi connectivity index (χ0) is 15.6. The first-order valence-electron chi connectivity index (χ1n) is 8.00. The smallest absolute Gasteiger partial charge is 0.163 e. The normalized spacial score (nSPS) is 36.7. The second kappa shape index (κ2) is 4.79. The van der Waals surface area contributed by atoms with E-state index in [0.717, 1.165) is 28.4 Å². The standard InChI is InChI=1S/C18H19IO3/c1-18-5-4-9-10-6-14(19)16(21)8-12(10)15(20)7-11(9)13(18)2-3-17(18)22/h6,8-9,11,13,21H,2-5,7H2,1H3/t9?,11?,13?,18-/m0/s1. The van der Waals surface area contributed by atoms with Crippen molar-refractivity contribution in [2.45, 2.75) is 44.9 Å². The minimum absolute atomic E-state index is 0.131. The van der Waals surface area contributed by atoms with E-state index in [2.05, 4.69) is 29.5 Å². The highest BCUT2D eigenvalue weighted by atomic mass is 127. The van der Waals surface area contributed by atoms with Crippen LogP contribution in [-0.4, -0.2) is 16.7 Å². The maximum atomic E-state index is 12.6. The second-order valence-electron chi connectivity index (χ2n) is 7.31. The van der Waals surface area contributed by atoms with Crippen LogP contribution in [0.25, 0.3) is 0 Å². The Balaban J connectivity index is 1.81. The van der Waals surface area contributed by atoms with Gasteiger partial charge >= 0.3 is 0 Å². The number of Topliss-reactive ketones (excluding diaryl/α,β-unsaturated/α-hetero) is 2. The summed E-state index contributed by atoms with van der Waals surface area (Å²) in [5.74, 6) is 1.74. The number of aromatic hydroxyl groups is 1. The number of ketones is 2. The summed E-state index contributed by atoms with van der Waals surface area (Å²) in [7, 11) is 0. The molecule has 3 aliphatic rings. The molecule has 2 saturated carbocycles. The first kappa shape index (κ1) is 14.7. The third-order valence-electron chi connectivity index (χ3n) is 6.39. The lowest BCUT2D eigenvalue weighted by Gasteiger charge is -2.47. The Bertz CT molecular complexity index is 696. The maximum absolute atomic E-state index is 12.6. The first-order valence-corrected chi connectivity index (χ1v) is 9.08. The van der Waals surface area contributed by atoms with Crippen LogP contribution < -0.4 is 0 Å². The van der Waals surface area contributed by atoms with Crippen LogP contribution >= 0.6 is 22.6 Å². The van der Waals surface area contributed by atoms with Gasteiger partial charge in [0.2, 0.25) is 0 Å². The predicted octanol–water partition coefficient (Wildman–Crippen LogP) is 4.06. The molecule has 3 unspecified atom stereocenters. The van der Waals surface area contributed by atoms with Crippen LogP contribution in [0.3, 0.4) is 0 Å². The quantitative estimate of drug-likeness (QED) is 0.657. The topological polar surface area (TPSA) is 54.4 Å².